The van der Waals surface area contributed by atoms with E-state index in [2.05, 4.69) is 9.72 Å². The summed E-state index contributed by atoms with van der Waals surface area (Å²) in [6, 6.07) is 11.3. The van der Waals surface area contributed by atoms with Gasteiger partial charge in [0.25, 0.3) is 11.8 Å². The van der Waals surface area contributed by atoms with Gasteiger partial charge >= 0.3 is 0 Å². The molecule has 0 spiro atoms. The first-order valence-corrected chi connectivity index (χ1v) is 10.2. The number of carbonyl (C=O) groups is 2. The van der Waals surface area contributed by atoms with Crippen molar-refractivity contribution in [2.24, 2.45) is 0 Å². The Kier molecular flexibility index (Phi) is 5.54. The third kappa shape index (κ3) is 3.93. The van der Waals surface area contributed by atoms with Gasteiger partial charge in [0, 0.05) is 55.4 Å². The number of hydrogen-bond donors (Lipinski definition) is 0. The van der Waals surface area contributed by atoms with Crippen LogP contribution in [0.5, 0.6) is 5.75 Å². The highest BCUT2D eigenvalue weighted by Crippen LogP contribution is 2.25. The number of methoxy groups -OCH3 is 1. The molecule has 0 radical (unpaired) electrons. The first-order valence-electron chi connectivity index (χ1n) is 10.2. The van der Waals surface area contributed by atoms with Crippen LogP contribution < -0.4 is 4.74 Å². The monoisotopic (exact) mass is 422 g/mol. The fourth-order valence-electron chi connectivity index (χ4n) is 4.03. The Labute approximate surface area is 181 Å². The van der Waals surface area contributed by atoms with E-state index in [9.17, 15) is 9.59 Å². The molecule has 31 heavy (non-hydrogen) atoms. The summed E-state index contributed by atoms with van der Waals surface area (Å²) in [6.45, 7) is 7.57. The van der Waals surface area contributed by atoms with E-state index in [0.29, 0.717) is 37.4 Å². The number of aromatic nitrogens is 2. The average Bonchev–Trinajstić information content (AvgIpc) is 3.35. The lowest BCUT2D eigenvalue weighted by Gasteiger charge is -2.34. The third-order valence-electron chi connectivity index (χ3n) is 5.67. The number of nitrogens with zero attached hydrogens (tertiary/aromatic N) is 4. The Hall–Kier alpha value is -3.55. The molecule has 2 amide bonds. The number of piperazine rings is 1. The van der Waals surface area contributed by atoms with Crippen molar-refractivity contribution >= 4 is 11.8 Å². The van der Waals surface area contributed by atoms with Crippen molar-refractivity contribution < 1.29 is 18.8 Å². The van der Waals surface area contributed by atoms with Crippen LogP contribution >= 0.6 is 0 Å². The SMILES string of the molecule is COc1cccc(-n2c(C)cc(C(=O)N3CCN(C(=O)c4cc(C)no4)CC3)c2C)c1. The van der Waals surface area contributed by atoms with Gasteiger partial charge in [0.05, 0.1) is 18.4 Å². The number of aryl methyl sites for hydroxylation is 2. The van der Waals surface area contributed by atoms with Gasteiger partial charge in [0.2, 0.25) is 5.76 Å². The van der Waals surface area contributed by atoms with E-state index >= 15 is 0 Å². The second-order valence-corrected chi connectivity index (χ2v) is 7.74. The maximum absolute atomic E-state index is 13.2. The van der Waals surface area contributed by atoms with Crippen molar-refractivity contribution in [3.63, 3.8) is 0 Å². The highest BCUT2D eigenvalue weighted by Gasteiger charge is 2.29. The fraction of sp³-hybridized carbons (Fsp3) is 0.348. The molecule has 1 aliphatic heterocycles. The van der Waals surface area contributed by atoms with Gasteiger partial charge in [-0.2, -0.15) is 0 Å². The molecule has 1 saturated heterocycles. The van der Waals surface area contributed by atoms with Gasteiger partial charge in [-0.25, -0.2) is 0 Å². The molecule has 0 saturated carbocycles. The first kappa shape index (κ1) is 20.7. The molecule has 162 valence electrons. The molecule has 8 nitrogen and oxygen atoms in total. The lowest BCUT2D eigenvalue weighted by molar-refractivity contribution is 0.0512. The largest absolute Gasteiger partial charge is 0.497 e. The van der Waals surface area contributed by atoms with Crippen molar-refractivity contribution in [3.8, 4) is 11.4 Å². The Bertz CT molecular complexity index is 1120. The Morgan fingerprint density at radius 3 is 2.26 bits per heavy atom. The molecule has 0 bridgehead atoms. The van der Waals surface area contributed by atoms with E-state index < -0.39 is 0 Å². The molecular weight excluding hydrogens is 396 g/mol. The van der Waals surface area contributed by atoms with Gasteiger partial charge < -0.3 is 23.6 Å². The lowest BCUT2D eigenvalue weighted by atomic mass is 10.2. The summed E-state index contributed by atoms with van der Waals surface area (Å²) in [5.74, 6) is 0.786. The minimum absolute atomic E-state index is 0.0233. The van der Waals surface area contributed by atoms with E-state index in [4.69, 9.17) is 9.26 Å². The molecule has 2 aromatic heterocycles. The average molecular weight is 422 g/mol. The molecule has 0 atom stereocenters. The third-order valence-corrected chi connectivity index (χ3v) is 5.67. The summed E-state index contributed by atoms with van der Waals surface area (Å²) >= 11 is 0. The van der Waals surface area contributed by atoms with Crippen LogP contribution in [0.2, 0.25) is 0 Å². The van der Waals surface area contributed by atoms with Crippen LogP contribution in [0, 0.1) is 20.8 Å². The van der Waals surface area contributed by atoms with Gasteiger partial charge in [-0.3, -0.25) is 9.59 Å². The van der Waals surface area contributed by atoms with Crippen molar-refractivity contribution in [3.05, 3.63) is 64.8 Å². The van der Waals surface area contributed by atoms with E-state index in [-0.39, 0.29) is 17.6 Å². The van der Waals surface area contributed by atoms with E-state index in [1.807, 2.05) is 44.2 Å². The summed E-state index contributed by atoms with van der Waals surface area (Å²) < 4.78 is 12.5. The summed E-state index contributed by atoms with van der Waals surface area (Å²) in [7, 11) is 1.64. The van der Waals surface area contributed by atoms with E-state index in [0.717, 1.165) is 22.8 Å². The summed E-state index contributed by atoms with van der Waals surface area (Å²) in [5, 5.41) is 3.77. The first-order chi connectivity index (χ1) is 14.9. The molecule has 0 aliphatic carbocycles. The molecule has 8 heteroatoms. The molecule has 3 heterocycles. The minimum atomic E-state index is -0.191. The summed E-state index contributed by atoms with van der Waals surface area (Å²) in [6.07, 6.45) is 0. The van der Waals surface area contributed by atoms with Crippen molar-refractivity contribution in [1.29, 1.82) is 0 Å². The number of hydrogen-bond acceptors (Lipinski definition) is 5. The van der Waals surface area contributed by atoms with Crippen LogP contribution in [0.4, 0.5) is 0 Å². The van der Waals surface area contributed by atoms with Gasteiger partial charge in [-0.15, -0.1) is 0 Å². The highest BCUT2D eigenvalue weighted by atomic mass is 16.5. The Morgan fingerprint density at radius 1 is 0.968 bits per heavy atom. The number of benzene rings is 1. The zero-order valence-electron chi connectivity index (χ0n) is 18.2. The lowest BCUT2D eigenvalue weighted by Crippen LogP contribution is -2.50. The van der Waals surface area contributed by atoms with E-state index in [1.54, 1.807) is 29.9 Å². The number of carbonyl (C=O) groups excluding carboxylic acids is 2. The van der Waals surface area contributed by atoms with Crippen LogP contribution in [0.15, 0.2) is 40.9 Å². The number of rotatable bonds is 4. The van der Waals surface area contributed by atoms with E-state index in [1.165, 1.54) is 0 Å². The molecule has 1 aromatic carbocycles. The predicted octanol–water partition coefficient (Wildman–Crippen LogP) is 3.00. The second kappa shape index (κ2) is 8.29. The molecule has 3 aromatic rings. The van der Waals surface area contributed by atoms with Crippen molar-refractivity contribution in [2.75, 3.05) is 33.3 Å². The standard InChI is InChI=1S/C23H26N4O4/c1-15-12-21(31-24-15)23(29)26-10-8-25(9-11-26)22(28)20-13-16(2)27(17(20)3)18-6-5-7-19(14-18)30-4/h5-7,12-14H,8-11H2,1-4H3. The van der Waals surface area contributed by atoms with Gasteiger partial charge in [-0.05, 0) is 39.0 Å². The molecule has 0 N–H and O–H groups in total. The Balaban J connectivity index is 1.49. The molecule has 4 rings (SSSR count). The Morgan fingerprint density at radius 2 is 1.65 bits per heavy atom. The molecular formula is C23H26N4O4. The summed E-state index contributed by atoms with van der Waals surface area (Å²) in [5.41, 5.74) is 4.15. The fourth-order valence-corrected chi connectivity index (χ4v) is 4.03. The number of ether oxygens (including phenoxy) is 1. The molecule has 1 aliphatic rings. The smallest absolute Gasteiger partial charge is 0.292 e. The van der Waals surface area contributed by atoms with Crippen molar-refractivity contribution in [1.82, 2.24) is 19.5 Å². The quantitative estimate of drug-likeness (QED) is 0.646. The van der Waals surface area contributed by atoms with Gasteiger partial charge in [-0.1, -0.05) is 11.2 Å². The van der Waals surface area contributed by atoms with Gasteiger partial charge in [0.1, 0.15) is 5.75 Å². The van der Waals surface area contributed by atoms with Crippen LogP contribution in [-0.4, -0.2) is 64.6 Å². The van der Waals surface area contributed by atoms with Crippen LogP contribution in [0.3, 0.4) is 0 Å². The molecule has 0 unspecified atom stereocenters. The maximum Gasteiger partial charge on any atom is 0.292 e. The summed E-state index contributed by atoms with van der Waals surface area (Å²) in [4.78, 5) is 29.3. The van der Waals surface area contributed by atoms with Gasteiger partial charge in [0.15, 0.2) is 0 Å². The zero-order chi connectivity index (χ0) is 22.1. The van der Waals surface area contributed by atoms with Crippen LogP contribution in [-0.2, 0) is 0 Å². The zero-order valence-corrected chi connectivity index (χ0v) is 18.2. The second-order valence-electron chi connectivity index (χ2n) is 7.74. The maximum atomic E-state index is 13.2. The van der Waals surface area contributed by atoms with Crippen LogP contribution in [0.25, 0.3) is 5.69 Å². The normalized spacial score (nSPS) is 14.1. The van der Waals surface area contributed by atoms with Crippen molar-refractivity contribution in [2.45, 2.75) is 20.8 Å². The highest BCUT2D eigenvalue weighted by molar-refractivity contribution is 5.96. The topological polar surface area (TPSA) is 80.8 Å². The molecule has 1 fully saturated rings. The predicted molar refractivity (Wildman–Crippen MR) is 115 cm³/mol. The number of amides is 2. The van der Waals surface area contributed by atoms with Crippen LogP contribution in [0.1, 0.15) is 38.0 Å². The minimum Gasteiger partial charge on any atom is -0.497 e.